The third kappa shape index (κ3) is 4.96. The fourth-order valence-corrected chi connectivity index (χ4v) is 5.39. The molecule has 2 aromatic carbocycles. The number of amides is 2. The Kier molecular flexibility index (Phi) is 7.14. The van der Waals surface area contributed by atoms with E-state index in [0.29, 0.717) is 24.4 Å². The van der Waals surface area contributed by atoms with Gasteiger partial charge in [0.2, 0.25) is 5.91 Å². The Labute approximate surface area is 199 Å². The zero-order valence-electron chi connectivity index (χ0n) is 19.4. The van der Waals surface area contributed by atoms with Crippen LogP contribution < -0.4 is 4.74 Å². The molecule has 0 radical (unpaired) electrons. The molecule has 5 nitrogen and oxygen atoms in total. The van der Waals surface area contributed by atoms with Gasteiger partial charge in [0.25, 0.3) is 5.91 Å². The van der Waals surface area contributed by atoms with Crippen LogP contribution >= 0.6 is 11.3 Å². The van der Waals surface area contributed by atoms with Crippen molar-refractivity contribution in [3.8, 4) is 5.75 Å². The molecule has 1 aliphatic rings. The minimum Gasteiger partial charge on any atom is -0.496 e. The summed E-state index contributed by atoms with van der Waals surface area (Å²) in [5, 5.41) is 2.10. The average Bonchev–Trinajstić information content (AvgIpc) is 3.31. The molecular formula is C27H30N2O3S. The summed E-state index contributed by atoms with van der Waals surface area (Å²) in [5.74, 6) is 0.529. The Morgan fingerprint density at radius 2 is 1.82 bits per heavy atom. The summed E-state index contributed by atoms with van der Waals surface area (Å²) in [4.78, 5) is 32.1. The molecule has 1 atom stereocenters. The van der Waals surface area contributed by atoms with Gasteiger partial charge in [-0.2, -0.15) is 0 Å². The van der Waals surface area contributed by atoms with E-state index in [1.165, 1.54) is 10.4 Å². The van der Waals surface area contributed by atoms with Crippen LogP contribution in [0, 0.1) is 5.92 Å². The van der Waals surface area contributed by atoms with Gasteiger partial charge in [0, 0.05) is 18.0 Å². The number of nitrogens with zero attached hydrogens (tertiary/aromatic N) is 2. The number of carbonyl (C=O) groups excluding carboxylic acids is 2. The van der Waals surface area contributed by atoms with Crippen molar-refractivity contribution in [2.45, 2.75) is 26.3 Å². The number of hydrogen-bond acceptors (Lipinski definition) is 4. The van der Waals surface area contributed by atoms with Crippen molar-refractivity contribution in [1.29, 1.82) is 0 Å². The van der Waals surface area contributed by atoms with Crippen molar-refractivity contribution in [1.82, 2.24) is 9.80 Å². The summed E-state index contributed by atoms with van der Waals surface area (Å²) < 4.78 is 5.41. The van der Waals surface area contributed by atoms with Gasteiger partial charge in [-0.3, -0.25) is 9.59 Å². The van der Waals surface area contributed by atoms with Crippen molar-refractivity contribution >= 4 is 23.2 Å². The van der Waals surface area contributed by atoms with Gasteiger partial charge in [-0.05, 0) is 47.0 Å². The quantitative estimate of drug-likeness (QED) is 0.495. The van der Waals surface area contributed by atoms with E-state index in [9.17, 15) is 9.59 Å². The third-order valence-corrected chi connectivity index (χ3v) is 6.93. The second-order valence-electron chi connectivity index (χ2n) is 8.73. The first-order valence-corrected chi connectivity index (χ1v) is 12.2. The number of para-hydroxylation sites is 1. The maximum atomic E-state index is 13.7. The second kappa shape index (κ2) is 10.2. The van der Waals surface area contributed by atoms with Crippen molar-refractivity contribution in [3.63, 3.8) is 0 Å². The van der Waals surface area contributed by atoms with Gasteiger partial charge in [-0.1, -0.05) is 56.3 Å². The molecule has 0 aliphatic carbocycles. The minimum atomic E-state index is -0.181. The van der Waals surface area contributed by atoms with E-state index in [1.54, 1.807) is 35.5 Å². The highest BCUT2D eigenvalue weighted by Crippen LogP contribution is 2.37. The summed E-state index contributed by atoms with van der Waals surface area (Å²) >= 11 is 1.75. The molecule has 1 aliphatic heterocycles. The van der Waals surface area contributed by atoms with Gasteiger partial charge in [0.15, 0.2) is 0 Å². The van der Waals surface area contributed by atoms with E-state index < -0.39 is 0 Å². The molecular weight excluding hydrogens is 432 g/mol. The van der Waals surface area contributed by atoms with E-state index in [0.717, 1.165) is 12.0 Å². The molecule has 4 rings (SSSR count). The van der Waals surface area contributed by atoms with Crippen molar-refractivity contribution < 1.29 is 14.3 Å². The van der Waals surface area contributed by atoms with Gasteiger partial charge < -0.3 is 14.5 Å². The Hall–Kier alpha value is -3.12. The molecule has 3 aromatic rings. The number of thiophene rings is 1. The molecule has 0 unspecified atom stereocenters. The summed E-state index contributed by atoms with van der Waals surface area (Å²) in [7, 11) is 1.56. The molecule has 0 spiro atoms. The highest BCUT2D eigenvalue weighted by molar-refractivity contribution is 7.10. The Morgan fingerprint density at radius 1 is 1.09 bits per heavy atom. The van der Waals surface area contributed by atoms with Crippen molar-refractivity contribution in [2.24, 2.45) is 5.92 Å². The number of ether oxygens (including phenoxy) is 1. The van der Waals surface area contributed by atoms with Crippen LogP contribution in [0.25, 0.3) is 0 Å². The highest BCUT2D eigenvalue weighted by Gasteiger charge is 2.34. The number of benzene rings is 2. The number of hydrogen-bond donors (Lipinski definition) is 0. The Morgan fingerprint density at radius 3 is 2.55 bits per heavy atom. The first-order chi connectivity index (χ1) is 16.0. The lowest BCUT2D eigenvalue weighted by Gasteiger charge is -2.38. The molecule has 1 aromatic heterocycles. The maximum Gasteiger partial charge on any atom is 0.258 e. The largest absolute Gasteiger partial charge is 0.496 e. The van der Waals surface area contributed by atoms with Crippen LogP contribution in [0.4, 0.5) is 0 Å². The van der Waals surface area contributed by atoms with Gasteiger partial charge in [-0.15, -0.1) is 11.3 Å². The lowest BCUT2D eigenvalue weighted by atomic mass is 9.93. The normalized spacial score (nSPS) is 15.3. The first-order valence-electron chi connectivity index (χ1n) is 11.3. The molecule has 0 saturated carbocycles. The summed E-state index contributed by atoms with van der Waals surface area (Å²) in [5.41, 5.74) is 2.76. The maximum absolute atomic E-state index is 13.7. The van der Waals surface area contributed by atoms with Crippen LogP contribution in [0.1, 0.15) is 46.3 Å². The first kappa shape index (κ1) is 23.1. The molecule has 2 heterocycles. The SMILES string of the molecule is COc1ccccc1C(=O)N(CC(=O)N1CCc2sccc2[C@H]1c1ccccc1)CC(C)C. The predicted octanol–water partition coefficient (Wildman–Crippen LogP) is 5.03. The summed E-state index contributed by atoms with van der Waals surface area (Å²) in [6.45, 7) is 5.29. The van der Waals surface area contributed by atoms with E-state index in [4.69, 9.17) is 4.74 Å². The molecule has 6 heteroatoms. The Bertz CT molecular complexity index is 1110. The van der Waals surface area contributed by atoms with Crippen LogP contribution in [0.2, 0.25) is 0 Å². The van der Waals surface area contributed by atoms with Crippen molar-refractivity contribution in [2.75, 3.05) is 26.7 Å². The molecule has 172 valence electrons. The van der Waals surface area contributed by atoms with Crippen LogP contribution in [0.3, 0.4) is 0 Å². The van der Waals surface area contributed by atoms with Gasteiger partial charge in [0.1, 0.15) is 12.3 Å². The second-order valence-corrected chi connectivity index (χ2v) is 9.73. The minimum absolute atomic E-state index is 0.0374. The number of carbonyl (C=O) groups is 2. The zero-order valence-corrected chi connectivity index (χ0v) is 20.2. The van der Waals surface area contributed by atoms with E-state index in [1.807, 2.05) is 35.2 Å². The number of rotatable bonds is 7. The Balaban J connectivity index is 1.63. The average molecular weight is 463 g/mol. The smallest absolute Gasteiger partial charge is 0.258 e. The van der Waals surface area contributed by atoms with E-state index >= 15 is 0 Å². The highest BCUT2D eigenvalue weighted by atomic mass is 32.1. The fourth-order valence-electron chi connectivity index (χ4n) is 4.49. The van der Waals surface area contributed by atoms with Crippen LogP contribution in [0.5, 0.6) is 5.75 Å². The third-order valence-electron chi connectivity index (χ3n) is 5.94. The van der Waals surface area contributed by atoms with Gasteiger partial charge >= 0.3 is 0 Å². The van der Waals surface area contributed by atoms with Crippen LogP contribution in [0.15, 0.2) is 66.0 Å². The van der Waals surface area contributed by atoms with Crippen molar-refractivity contribution in [3.05, 3.63) is 87.6 Å². The topological polar surface area (TPSA) is 49.9 Å². The molecule has 0 N–H and O–H groups in total. The summed E-state index contributed by atoms with van der Waals surface area (Å²) in [6, 6.07) is 19.3. The van der Waals surface area contributed by atoms with E-state index in [2.05, 4.69) is 37.4 Å². The van der Waals surface area contributed by atoms with Gasteiger partial charge in [0.05, 0.1) is 18.7 Å². The number of fused-ring (bicyclic) bond motifs is 1. The zero-order chi connectivity index (χ0) is 23.4. The summed E-state index contributed by atoms with van der Waals surface area (Å²) in [6.07, 6.45) is 0.840. The molecule has 33 heavy (non-hydrogen) atoms. The molecule has 0 saturated heterocycles. The van der Waals surface area contributed by atoms with Crippen LogP contribution in [-0.4, -0.2) is 48.4 Å². The van der Waals surface area contributed by atoms with E-state index in [-0.39, 0.29) is 30.3 Å². The molecule has 2 amide bonds. The molecule has 0 fully saturated rings. The van der Waals surface area contributed by atoms with Crippen LogP contribution in [-0.2, 0) is 11.2 Å². The predicted molar refractivity (Wildman–Crippen MR) is 132 cm³/mol. The van der Waals surface area contributed by atoms with Gasteiger partial charge in [-0.25, -0.2) is 0 Å². The fraction of sp³-hybridized carbons (Fsp3) is 0.333. The monoisotopic (exact) mass is 462 g/mol. The number of methoxy groups -OCH3 is 1. The lowest BCUT2D eigenvalue weighted by molar-refractivity contribution is -0.134. The standard InChI is InChI=1S/C27H30N2O3S/c1-19(2)17-28(27(31)21-11-7-8-12-23(21)32-3)18-25(30)29-15-13-24-22(14-16-33-24)26(29)20-9-5-4-6-10-20/h4-12,14,16,19,26H,13,15,17-18H2,1-3H3/t26-/m1/s1. The lowest BCUT2D eigenvalue weighted by Crippen LogP contribution is -2.47. The molecule has 0 bridgehead atoms.